The Balaban J connectivity index is 1.73. The molecule has 0 aliphatic heterocycles. The largest absolute Gasteiger partial charge is 0.465 e. The molecule has 148 valence electrons. The number of nitrogens with one attached hydrogen (secondary N) is 2. The van der Waals surface area contributed by atoms with Gasteiger partial charge in [0.1, 0.15) is 6.61 Å². The van der Waals surface area contributed by atoms with Crippen LogP contribution in [0.4, 0.5) is 16.2 Å². The van der Waals surface area contributed by atoms with Gasteiger partial charge in [0.2, 0.25) is 0 Å². The van der Waals surface area contributed by atoms with Crippen LogP contribution in [0.2, 0.25) is 0 Å². The highest BCUT2D eigenvalue weighted by Crippen LogP contribution is 2.27. The quantitative estimate of drug-likeness (QED) is 0.464. The number of ether oxygens (including phenoxy) is 2. The molecule has 7 heteroatoms. The highest BCUT2D eigenvalue weighted by molar-refractivity contribution is 6.06. The molecule has 0 radical (unpaired) electrons. The van der Waals surface area contributed by atoms with E-state index in [0.717, 1.165) is 22.3 Å². The number of benzene rings is 2. The molecule has 3 rings (SSSR count). The number of esters is 1. The number of hydrogen-bond donors (Lipinski definition) is 2. The van der Waals surface area contributed by atoms with E-state index in [2.05, 4.69) is 22.2 Å². The molecule has 1 aromatic heterocycles. The van der Waals surface area contributed by atoms with Crippen molar-refractivity contribution >= 4 is 34.3 Å². The third-order valence-electron chi connectivity index (χ3n) is 4.18. The molecule has 0 aliphatic rings. The molecule has 1 amide bonds. The Morgan fingerprint density at radius 3 is 2.66 bits per heavy atom. The van der Waals surface area contributed by atoms with Crippen LogP contribution in [-0.4, -0.2) is 30.8 Å². The maximum atomic E-state index is 12.0. The van der Waals surface area contributed by atoms with Crippen LogP contribution in [0.25, 0.3) is 10.9 Å². The molecule has 0 saturated carbocycles. The Morgan fingerprint density at radius 1 is 1.14 bits per heavy atom. The molecular weight excluding hydrogens is 370 g/mol. The summed E-state index contributed by atoms with van der Waals surface area (Å²) in [5.41, 5.74) is 3.60. The van der Waals surface area contributed by atoms with E-state index in [1.807, 2.05) is 36.4 Å². The first kappa shape index (κ1) is 19.9. The number of alkyl carbamates (subject to hydrolysis) is 1. The van der Waals surface area contributed by atoms with Gasteiger partial charge in [-0.05, 0) is 29.8 Å². The van der Waals surface area contributed by atoms with Crippen LogP contribution in [0.15, 0.2) is 67.4 Å². The molecule has 0 fully saturated rings. The number of aromatic nitrogens is 1. The average molecular weight is 391 g/mol. The van der Waals surface area contributed by atoms with E-state index in [9.17, 15) is 9.59 Å². The van der Waals surface area contributed by atoms with Gasteiger partial charge in [-0.25, -0.2) is 9.59 Å². The number of hydrogen-bond acceptors (Lipinski definition) is 6. The highest BCUT2D eigenvalue weighted by atomic mass is 16.5. The molecule has 0 unspecified atom stereocenters. The second kappa shape index (κ2) is 9.36. The van der Waals surface area contributed by atoms with Crippen LogP contribution < -0.4 is 10.6 Å². The normalized spacial score (nSPS) is 10.2. The number of rotatable bonds is 7. The van der Waals surface area contributed by atoms with Crippen molar-refractivity contribution < 1.29 is 19.1 Å². The lowest BCUT2D eigenvalue weighted by Gasteiger charge is -2.12. The fourth-order valence-electron chi connectivity index (χ4n) is 2.78. The summed E-state index contributed by atoms with van der Waals surface area (Å²) in [4.78, 5) is 27.8. The zero-order valence-electron chi connectivity index (χ0n) is 16.0. The molecule has 2 aromatic carbocycles. The monoisotopic (exact) mass is 391 g/mol. The van der Waals surface area contributed by atoms with E-state index in [4.69, 9.17) is 9.47 Å². The fraction of sp³-hybridized carbons (Fsp3) is 0.136. The molecule has 3 aromatic rings. The van der Waals surface area contributed by atoms with Crippen LogP contribution in [0.5, 0.6) is 0 Å². The lowest BCUT2D eigenvalue weighted by atomic mass is 10.1. The van der Waals surface area contributed by atoms with Crippen LogP contribution in [-0.2, 0) is 16.0 Å². The van der Waals surface area contributed by atoms with Crippen molar-refractivity contribution in [2.75, 3.05) is 19.0 Å². The number of nitrogens with zero attached hydrogens (tertiary/aromatic N) is 1. The minimum atomic E-state index is -0.489. The fourth-order valence-corrected chi connectivity index (χ4v) is 2.78. The Morgan fingerprint density at radius 2 is 1.93 bits per heavy atom. The second-order valence-corrected chi connectivity index (χ2v) is 6.11. The third-order valence-corrected chi connectivity index (χ3v) is 4.18. The Labute approximate surface area is 168 Å². The van der Waals surface area contributed by atoms with E-state index in [-0.39, 0.29) is 6.61 Å². The molecule has 1 heterocycles. The van der Waals surface area contributed by atoms with Gasteiger partial charge in [-0.15, -0.1) is 0 Å². The summed E-state index contributed by atoms with van der Waals surface area (Å²) >= 11 is 0. The molecule has 7 nitrogen and oxygen atoms in total. The number of amides is 1. The van der Waals surface area contributed by atoms with E-state index < -0.39 is 12.1 Å². The first-order valence-electron chi connectivity index (χ1n) is 8.96. The van der Waals surface area contributed by atoms with Crippen LogP contribution in [0.1, 0.15) is 15.9 Å². The highest BCUT2D eigenvalue weighted by Gasteiger charge is 2.13. The number of para-hydroxylation sites is 1. The zero-order chi connectivity index (χ0) is 20.6. The first-order chi connectivity index (χ1) is 14.1. The zero-order valence-corrected chi connectivity index (χ0v) is 16.0. The molecule has 29 heavy (non-hydrogen) atoms. The van der Waals surface area contributed by atoms with E-state index in [1.54, 1.807) is 18.3 Å². The lowest BCUT2D eigenvalue weighted by molar-refractivity contribution is 0.0602. The van der Waals surface area contributed by atoms with E-state index in [1.165, 1.54) is 13.2 Å². The standard InChI is InChI=1S/C22H21N3O4/c1-3-13-29-22(27)24-14-15-7-9-16(10-8-15)25-19-11-12-23-20-17(19)5-4-6-18(20)21(26)28-2/h3-12H,1,13-14H2,2H3,(H,23,25)(H,24,27). The van der Waals surface area contributed by atoms with Gasteiger partial charge < -0.3 is 20.1 Å². The smallest absolute Gasteiger partial charge is 0.407 e. The van der Waals surface area contributed by atoms with Crippen molar-refractivity contribution in [1.82, 2.24) is 10.3 Å². The molecule has 0 atom stereocenters. The number of methoxy groups -OCH3 is 1. The van der Waals surface area contributed by atoms with Gasteiger partial charge in [0.05, 0.1) is 18.2 Å². The predicted molar refractivity (Wildman–Crippen MR) is 111 cm³/mol. The first-order valence-corrected chi connectivity index (χ1v) is 8.96. The van der Waals surface area contributed by atoms with Crippen molar-refractivity contribution in [3.8, 4) is 0 Å². The third kappa shape index (κ3) is 4.90. The summed E-state index contributed by atoms with van der Waals surface area (Å²) in [6.07, 6.45) is 2.66. The van der Waals surface area contributed by atoms with Crippen molar-refractivity contribution in [1.29, 1.82) is 0 Å². The van der Waals surface area contributed by atoms with E-state index >= 15 is 0 Å². The van der Waals surface area contributed by atoms with Gasteiger partial charge >= 0.3 is 12.1 Å². The number of carbonyl (C=O) groups is 2. The predicted octanol–water partition coefficient (Wildman–Crippen LogP) is 4.18. The summed E-state index contributed by atoms with van der Waals surface area (Å²) in [6, 6.07) is 14.8. The van der Waals surface area contributed by atoms with E-state index in [0.29, 0.717) is 17.6 Å². The maximum absolute atomic E-state index is 12.0. The molecule has 0 aliphatic carbocycles. The van der Waals surface area contributed by atoms with Crippen LogP contribution in [0.3, 0.4) is 0 Å². The molecule has 2 N–H and O–H groups in total. The topological polar surface area (TPSA) is 89.5 Å². The van der Waals surface area contributed by atoms with Crippen molar-refractivity contribution in [3.05, 3.63) is 78.5 Å². The molecular formula is C22H21N3O4. The maximum Gasteiger partial charge on any atom is 0.407 e. The van der Waals surface area contributed by atoms with Crippen LogP contribution >= 0.6 is 0 Å². The molecule has 0 bridgehead atoms. The second-order valence-electron chi connectivity index (χ2n) is 6.11. The van der Waals surface area contributed by atoms with Crippen molar-refractivity contribution in [3.63, 3.8) is 0 Å². The Hall–Kier alpha value is -3.87. The number of pyridine rings is 1. The van der Waals surface area contributed by atoms with Crippen molar-refractivity contribution in [2.45, 2.75) is 6.54 Å². The molecule has 0 spiro atoms. The Bertz CT molecular complexity index is 1030. The summed E-state index contributed by atoms with van der Waals surface area (Å²) < 4.78 is 9.71. The van der Waals surface area contributed by atoms with Gasteiger partial charge in [-0.2, -0.15) is 0 Å². The van der Waals surface area contributed by atoms with Gasteiger partial charge in [0, 0.05) is 29.5 Å². The summed E-state index contributed by atoms with van der Waals surface area (Å²) in [6.45, 7) is 4.02. The lowest BCUT2D eigenvalue weighted by Crippen LogP contribution is -2.23. The number of carbonyl (C=O) groups excluding carboxylic acids is 2. The minimum absolute atomic E-state index is 0.173. The van der Waals surface area contributed by atoms with Gasteiger partial charge in [-0.1, -0.05) is 36.9 Å². The van der Waals surface area contributed by atoms with Crippen LogP contribution in [0, 0.1) is 0 Å². The summed E-state index contributed by atoms with van der Waals surface area (Å²) in [7, 11) is 1.35. The van der Waals surface area contributed by atoms with Gasteiger partial charge in [0.25, 0.3) is 0 Å². The van der Waals surface area contributed by atoms with Gasteiger partial charge in [-0.3, -0.25) is 4.98 Å². The average Bonchev–Trinajstić information content (AvgIpc) is 2.76. The summed E-state index contributed by atoms with van der Waals surface area (Å²) in [5, 5.41) is 6.82. The summed E-state index contributed by atoms with van der Waals surface area (Å²) in [5.74, 6) is -0.427. The number of fused-ring (bicyclic) bond motifs is 1. The minimum Gasteiger partial charge on any atom is -0.465 e. The van der Waals surface area contributed by atoms with Crippen molar-refractivity contribution in [2.24, 2.45) is 0 Å². The Kier molecular flexibility index (Phi) is 6.42. The molecule has 0 saturated heterocycles. The van der Waals surface area contributed by atoms with Gasteiger partial charge in [0.15, 0.2) is 0 Å². The number of anilines is 2. The SMILES string of the molecule is C=CCOC(=O)NCc1ccc(Nc2ccnc3c(C(=O)OC)cccc23)cc1.